The molecule has 8 heteroatoms. The Bertz CT molecular complexity index is 704. The van der Waals surface area contributed by atoms with Crippen LogP contribution in [-0.4, -0.2) is 49.4 Å². The molecule has 2 aromatic rings. The van der Waals surface area contributed by atoms with Gasteiger partial charge in [0.05, 0.1) is 19.8 Å². The van der Waals surface area contributed by atoms with Gasteiger partial charge in [0.2, 0.25) is 5.10 Å². The normalized spacial score (nSPS) is 15.7. The minimum Gasteiger partial charge on any atom is -0.739 e. The maximum Gasteiger partial charge on any atom is 0.460 e. The van der Waals surface area contributed by atoms with Crippen LogP contribution in [0.25, 0.3) is 11.0 Å². The molecule has 0 radical (unpaired) electrons. The summed E-state index contributed by atoms with van der Waals surface area (Å²) in [6, 6.07) is 5.23. The van der Waals surface area contributed by atoms with E-state index in [4.69, 9.17) is 4.74 Å². The van der Waals surface area contributed by atoms with Gasteiger partial charge in [0.25, 0.3) is 5.52 Å². The molecule has 1 aliphatic heterocycles. The molecule has 0 amide bonds. The van der Waals surface area contributed by atoms with Crippen LogP contribution in [0.5, 0.6) is 0 Å². The standard InChI is InChI=1S/C16H23N5O3/c1-2-13-4-5-14-15(12-13)20(22)16(18-21(14)23)17-6-3-7-19-8-10-24-11-9-19/h4-5,12H,2-3,6-11H2,1H3,(H,17,18). The summed E-state index contributed by atoms with van der Waals surface area (Å²) in [5.74, 6) is 0.0488. The highest BCUT2D eigenvalue weighted by atomic mass is 16.5. The van der Waals surface area contributed by atoms with Gasteiger partial charge in [-0.05, 0) is 24.5 Å². The summed E-state index contributed by atoms with van der Waals surface area (Å²) in [6.07, 6.45) is 1.67. The highest BCUT2D eigenvalue weighted by molar-refractivity contribution is 5.68. The summed E-state index contributed by atoms with van der Waals surface area (Å²) >= 11 is 0. The van der Waals surface area contributed by atoms with Crippen LogP contribution in [0.1, 0.15) is 18.9 Å². The van der Waals surface area contributed by atoms with Gasteiger partial charge in [-0.2, -0.15) is 0 Å². The minimum atomic E-state index is 0.0488. The molecule has 1 aromatic heterocycles. The van der Waals surface area contributed by atoms with E-state index in [1.54, 1.807) is 12.1 Å². The SMILES string of the molecule is CCc1ccc2c(c1)[n+]([O-])c(NCCCN1CCOCC1)n[n+]2[O-]. The number of nitrogens with one attached hydrogen (secondary N) is 1. The molecule has 1 saturated heterocycles. The first-order valence-corrected chi connectivity index (χ1v) is 8.39. The van der Waals surface area contributed by atoms with Crippen molar-refractivity contribution in [1.29, 1.82) is 0 Å². The lowest BCUT2D eigenvalue weighted by molar-refractivity contribution is -0.672. The first-order valence-electron chi connectivity index (χ1n) is 8.39. The van der Waals surface area contributed by atoms with Crippen LogP contribution in [-0.2, 0) is 11.2 Å². The van der Waals surface area contributed by atoms with Crippen molar-refractivity contribution in [3.8, 4) is 0 Å². The molecule has 0 aliphatic carbocycles. The number of morpholine rings is 1. The topological polar surface area (TPSA) is 91.3 Å². The van der Waals surface area contributed by atoms with Crippen LogP contribution in [0, 0.1) is 10.4 Å². The predicted molar refractivity (Wildman–Crippen MR) is 89.4 cm³/mol. The van der Waals surface area contributed by atoms with Gasteiger partial charge in [-0.25, -0.2) is 4.73 Å². The highest BCUT2D eigenvalue weighted by Crippen LogP contribution is 2.10. The lowest BCUT2D eigenvalue weighted by Crippen LogP contribution is -2.44. The van der Waals surface area contributed by atoms with Crippen molar-refractivity contribution in [2.45, 2.75) is 19.8 Å². The molecule has 24 heavy (non-hydrogen) atoms. The maximum absolute atomic E-state index is 12.5. The van der Waals surface area contributed by atoms with E-state index >= 15 is 0 Å². The Hall–Kier alpha value is -2.19. The lowest BCUT2D eigenvalue weighted by atomic mass is 10.1. The van der Waals surface area contributed by atoms with Gasteiger partial charge < -0.3 is 15.2 Å². The molecule has 1 aromatic carbocycles. The summed E-state index contributed by atoms with van der Waals surface area (Å²) < 4.78 is 6.02. The summed E-state index contributed by atoms with van der Waals surface area (Å²) in [5, 5.41) is 31.3. The van der Waals surface area contributed by atoms with Crippen LogP contribution in [0.4, 0.5) is 5.95 Å². The molecule has 2 heterocycles. The highest BCUT2D eigenvalue weighted by Gasteiger charge is 2.20. The number of hydrogen-bond donors (Lipinski definition) is 1. The van der Waals surface area contributed by atoms with E-state index in [1.165, 1.54) is 0 Å². The van der Waals surface area contributed by atoms with Gasteiger partial charge in [0, 0.05) is 30.5 Å². The molecule has 3 rings (SSSR count). The number of rotatable bonds is 6. The Balaban J connectivity index is 1.66. The zero-order valence-corrected chi connectivity index (χ0v) is 13.9. The fraction of sp³-hybridized carbons (Fsp3) is 0.562. The maximum atomic E-state index is 12.5. The summed E-state index contributed by atoms with van der Waals surface area (Å²) in [5.41, 5.74) is 1.63. The molecule has 130 valence electrons. The summed E-state index contributed by atoms with van der Waals surface area (Å²) in [6.45, 7) is 6.96. The number of benzene rings is 1. The van der Waals surface area contributed by atoms with Crippen molar-refractivity contribution < 1.29 is 14.3 Å². The Morgan fingerprint density at radius 3 is 2.79 bits per heavy atom. The monoisotopic (exact) mass is 333 g/mol. The van der Waals surface area contributed by atoms with E-state index in [1.807, 2.05) is 13.0 Å². The van der Waals surface area contributed by atoms with Crippen molar-refractivity contribution in [3.63, 3.8) is 0 Å². The quantitative estimate of drug-likeness (QED) is 0.461. The van der Waals surface area contributed by atoms with Crippen LogP contribution in [0.15, 0.2) is 18.2 Å². The van der Waals surface area contributed by atoms with Crippen LogP contribution >= 0.6 is 0 Å². The number of anilines is 1. The average molecular weight is 333 g/mol. The third-order valence-corrected chi connectivity index (χ3v) is 4.29. The van der Waals surface area contributed by atoms with Gasteiger partial charge in [-0.3, -0.25) is 10.2 Å². The second-order valence-corrected chi connectivity index (χ2v) is 5.90. The van der Waals surface area contributed by atoms with Crippen molar-refractivity contribution in [2.75, 3.05) is 44.7 Å². The Labute approximate surface area is 140 Å². The molecular formula is C16H23N5O3. The zero-order valence-electron chi connectivity index (χ0n) is 13.9. The first-order chi connectivity index (χ1) is 11.7. The Morgan fingerprint density at radius 1 is 1.25 bits per heavy atom. The summed E-state index contributed by atoms with van der Waals surface area (Å²) in [7, 11) is 0. The third kappa shape index (κ3) is 3.65. The van der Waals surface area contributed by atoms with Gasteiger partial charge in [0.15, 0.2) is 5.52 Å². The molecular weight excluding hydrogens is 310 g/mol. The molecule has 0 saturated carbocycles. The third-order valence-electron chi connectivity index (χ3n) is 4.29. The van der Waals surface area contributed by atoms with Crippen LogP contribution in [0.3, 0.4) is 0 Å². The minimum absolute atomic E-state index is 0.0488. The molecule has 1 fully saturated rings. The molecule has 1 aliphatic rings. The van der Waals surface area contributed by atoms with Gasteiger partial charge in [-0.15, -0.1) is 0 Å². The molecule has 0 atom stereocenters. The second-order valence-electron chi connectivity index (χ2n) is 5.90. The molecule has 8 nitrogen and oxygen atoms in total. The number of aryl methyl sites for hydroxylation is 1. The number of hydrogen-bond acceptors (Lipinski definition) is 6. The first kappa shape index (κ1) is 16.7. The van der Waals surface area contributed by atoms with Crippen molar-refractivity contribution in [3.05, 3.63) is 34.2 Å². The lowest BCUT2D eigenvalue weighted by Gasteiger charge is -2.26. The van der Waals surface area contributed by atoms with Crippen LogP contribution in [0.2, 0.25) is 0 Å². The number of aromatic nitrogens is 3. The second kappa shape index (κ2) is 7.59. The molecule has 0 spiro atoms. The molecule has 1 N–H and O–H groups in total. The fourth-order valence-electron chi connectivity index (χ4n) is 2.84. The summed E-state index contributed by atoms with van der Waals surface area (Å²) in [4.78, 5) is 2.83. The van der Waals surface area contributed by atoms with Crippen molar-refractivity contribution >= 4 is 17.0 Å². The van der Waals surface area contributed by atoms with Crippen molar-refractivity contribution in [1.82, 2.24) is 10.00 Å². The van der Waals surface area contributed by atoms with E-state index in [9.17, 15) is 10.4 Å². The zero-order chi connectivity index (χ0) is 16.9. The largest absolute Gasteiger partial charge is 0.739 e. The Kier molecular flexibility index (Phi) is 5.27. The number of nitrogens with zero attached hydrogens (tertiary/aromatic N) is 4. The average Bonchev–Trinajstić information content (AvgIpc) is 2.63. The predicted octanol–water partition coefficient (Wildman–Crippen LogP) is 0.198. The number of fused-ring (bicyclic) bond motifs is 1. The number of ether oxygens (including phenoxy) is 1. The fourth-order valence-corrected chi connectivity index (χ4v) is 2.84. The van der Waals surface area contributed by atoms with Crippen molar-refractivity contribution in [2.24, 2.45) is 0 Å². The molecule has 0 unspecified atom stereocenters. The van der Waals surface area contributed by atoms with Gasteiger partial charge in [0.1, 0.15) is 0 Å². The Morgan fingerprint density at radius 2 is 2.04 bits per heavy atom. The van der Waals surface area contributed by atoms with Gasteiger partial charge in [-0.1, -0.05) is 13.0 Å². The molecule has 0 bridgehead atoms. The van der Waals surface area contributed by atoms with E-state index in [2.05, 4.69) is 15.3 Å². The van der Waals surface area contributed by atoms with Crippen LogP contribution < -0.4 is 14.9 Å². The van der Waals surface area contributed by atoms with E-state index in [0.29, 0.717) is 21.6 Å². The van der Waals surface area contributed by atoms with Gasteiger partial charge >= 0.3 is 5.95 Å². The van der Waals surface area contributed by atoms with E-state index in [-0.39, 0.29) is 11.5 Å². The van der Waals surface area contributed by atoms with E-state index in [0.717, 1.165) is 51.3 Å². The van der Waals surface area contributed by atoms with E-state index < -0.39 is 0 Å². The smallest absolute Gasteiger partial charge is 0.460 e.